The molecule has 0 radical (unpaired) electrons. The van der Waals surface area contributed by atoms with Crippen molar-refractivity contribution < 1.29 is 14.7 Å². The zero-order valence-corrected chi connectivity index (χ0v) is 14.4. The van der Waals surface area contributed by atoms with E-state index in [1.165, 1.54) is 16.2 Å². The van der Waals surface area contributed by atoms with Gasteiger partial charge in [-0.2, -0.15) is 5.26 Å². The largest absolute Gasteiger partial charge is 0.481 e. The van der Waals surface area contributed by atoms with Gasteiger partial charge in [-0.3, -0.25) is 9.59 Å². The fourth-order valence-electron chi connectivity index (χ4n) is 3.54. The summed E-state index contributed by atoms with van der Waals surface area (Å²) < 4.78 is 0. The number of nitrogens with one attached hydrogen (secondary N) is 1. The molecule has 1 aromatic heterocycles. The minimum Gasteiger partial charge on any atom is -0.481 e. The molecule has 2 N–H and O–H groups in total. The minimum atomic E-state index is -0.945. The Morgan fingerprint density at radius 2 is 2.04 bits per heavy atom. The van der Waals surface area contributed by atoms with E-state index in [4.69, 9.17) is 0 Å². The first-order chi connectivity index (χ1) is 11.5. The maximum absolute atomic E-state index is 12.6. The zero-order chi connectivity index (χ0) is 17.3. The number of fused-ring (bicyclic) bond motifs is 1. The molecule has 24 heavy (non-hydrogen) atoms. The van der Waals surface area contributed by atoms with Gasteiger partial charge in [-0.05, 0) is 43.6 Å². The first-order valence-corrected chi connectivity index (χ1v) is 9.06. The maximum atomic E-state index is 12.6. The van der Waals surface area contributed by atoms with Crippen LogP contribution >= 0.6 is 11.3 Å². The molecular weight excluding hydrogens is 324 g/mol. The van der Waals surface area contributed by atoms with Gasteiger partial charge in [0.1, 0.15) is 11.1 Å². The molecule has 3 rings (SSSR count). The number of allylic oxidation sites excluding steroid dienone is 2. The lowest BCUT2D eigenvalue weighted by molar-refractivity contribution is -0.146. The number of carbonyl (C=O) groups excluding carboxylic acids is 1. The van der Waals surface area contributed by atoms with Gasteiger partial charge in [0.25, 0.3) is 0 Å². The highest BCUT2D eigenvalue weighted by Crippen LogP contribution is 2.39. The SMILES string of the molecule is C[C@H]1CCc2c(sc(NC(=O)[C@H]3CC=CC[C@@H]3C(=O)O)c2C#N)C1. The van der Waals surface area contributed by atoms with Crippen LogP contribution in [0.5, 0.6) is 0 Å². The van der Waals surface area contributed by atoms with Crippen LogP contribution in [0.25, 0.3) is 0 Å². The lowest BCUT2D eigenvalue weighted by Gasteiger charge is -2.23. The molecule has 0 aromatic carbocycles. The van der Waals surface area contributed by atoms with Crippen molar-refractivity contribution in [2.45, 2.75) is 39.0 Å². The van der Waals surface area contributed by atoms with E-state index in [-0.39, 0.29) is 5.91 Å². The summed E-state index contributed by atoms with van der Waals surface area (Å²) in [6, 6.07) is 2.23. The van der Waals surface area contributed by atoms with Crippen molar-refractivity contribution in [2.24, 2.45) is 17.8 Å². The van der Waals surface area contributed by atoms with Crippen LogP contribution < -0.4 is 5.32 Å². The lowest BCUT2D eigenvalue weighted by Crippen LogP contribution is -2.34. The van der Waals surface area contributed by atoms with Crippen LogP contribution in [0.3, 0.4) is 0 Å². The number of nitriles is 1. The van der Waals surface area contributed by atoms with E-state index in [1.807, 2.05) is 12.2 Å². The van der Waals surface area contributed by atoms with Crippen molar-refractivity contribution in [3.63, 3.8) is 0 Å². The van der Waals surface area contributed by atoms with E-state index in [9.17, 15) is 20.0 Å². The number of hydrogen-bond donors (Lipinski definition) is 2. The van der Waals surface area contributed by atoms with Crippen molar-refractivity contribution >= 4 is 28.2 Å². The third-order valence-electron chi connectivity index (χ3n) is 4.95. The molecule has 3 atom stereocenters. The summed E-state index contributed by atoms with van der Waals surface area (Å²) in [5, 5.41) is 22.2. The van der Waals surface area contributed by atoms with E-state index in [0.717, 1.165) is 24.8 Å². The topological polar surface area (TPSA) is 90.2 Å². The Kier molecular flexibility index (Phi) is 4.72. The van der Waals surface area contributed by atoms with Crippen LogP contribution in [0.4, 0.5) is 5.00 Å². The van der Waals surface area contributed by atoms with Crippen molar-refractivity contribution in [1.82, 2.24) is 0 Å². The molecule has 2 aliphatic rings. The predicted octanol–water partition coefficient (Wildman–Crippen LogP) is 3.35. The van der Waals surface area contributed by atoms with E-state index in [0.29, 0.717) is 29.3 Å². The van der Waals surface area contributed by atoms with Crippen molar-refractivity contribution in [3.8, 4) is 6.07 Å². The van der Waals surface area contributed by atoms with Crippen LogP contribution in [-0.4, -0.2) is 17.0 Å². The molecule has 0 unspecified atom stereocenters. The zero-order valence-electron chi connectivity index (χ0n) is 13.5. The second kappa shape index (κ2) is 6.78. The van der Waals surface area contributed by atoms with E-state index >= 15 is 0 Å². The van der Waals surface area contributed by atoms with Gasteiger partial charge < -0.3 is 10.4 Å². The molecule has 0 saturated carbocycles. The number of amides is 1. The molecule has 1 heterocycles. The van der Waals surface area contributed by atoms with Gasteiger partial charge in [0, 0.05) is 4.88 Å². The molecular formula is C18H20N2O3S. The Balaban J connectivity index is 1.83. The number of hydrogen-bond acceptors (Lipinski definition) is 4. The lowest BCUT2D eigenvalue weighted by atomic mass is 9.82. The number of carbonyl (C=O) groups is 2. The standard InChI is InChI=1S/C18H20N2O3S/c1-10-6-7-11-14(9-19)17(24-15(11)8-10)20-16(21)12-4-2-3-5-13(12)18(22)23/h2-3,10,12-13H,4-8H2,1H3,(H,20,21)(H,22,23)/t10-,12-,13-/m0/s1. The van der Waals surface area contributed by atoms with Crippen LogP contribution in [0.15, 0.2) is 12.2 Å². The quantitative estimate of drug-likeness (QED) is 0.823. The smallest absolute Gasteiger partial charge is 0.307 e. The second-order valence-electron chi connectivity index (χ2n) is 6.65. The van der Waals surface area contributed by atoms with E-state index in [2.05, 4.69) is 18.3 Å². The molecule has 0 saturated heterocycles. The second-order valence-corrected chi connectivity index (χ2v) is 7.76. The predicted molar refractivity (Wildman–Crippen MR) is 91.8 cm³/mol. The first-order valence-electron chi connectivity index (χ1n) is 8.24. The Labute approximate surface area is 145 Å². The summed E-state index contributed by atoms with van der Waals surface area (Å²) in [5.74, 6) is -1.94. The third kappa shape index (κ3) is 3.09. The Hall–Kier alpha value is -2.13. The third-order valence-corrected chi connectivity index (χ3v) is 6.12. The van der Waals surface area contributed by atoms with E-state index < -0.39 is 17.8 Å². The van der Waals surface area contributed by atoms with Crippen LogP contribution in [0.1, 0.15) is 42.2 Å². The Bertz CT molecular complexity index is 744. The number of carboxylic acids is 1. The monoisotopic (exact) mass is 344 g/mol. The number of rotatable bonds is 3. The Morgan fingerprint density at radius 3 is 2.71 bits per heavy atom. The van der Waals surface area contributed by atoms with Gasteiger partial charge in [-0.1, -0.05) is 19.1 Å². The van der Waals surface area contributed by atoms with Crippen LogP contribution in [0.2, 0.25) is 0 Å². The van der Waals surface area contributed by atoms with Gasteiger partial charge in [-0.25, -0.2) is 0 Å². The van der Waals surface area contributed by atoms with Crippen molar-refractivity contribution in [3.05, 3.63) is 28.2 Å². The fraction of sp³-hybridized carbons (Fsp3) is 0.500. The number of thiophene rings is 1. The number of aliphatic carboxylic acids is 1. The minimum absolute atomic E-state index is 0.296. The number of nitrogens with zero attached hydrogens (tertiary/aromatic N) is 1. The summed E-state index contributed by atoms with van der Waals surface area (Å²) in [4.78, 5) is 25.2. The van der Waals surface area contributed by atoms with Gasteiger partial charge in [0.2, 0.25) is 5.91 Å². The van der Waals surface area contributed by atoms with E-state index in [1.54, 1.807) is 0 Å². The highest BCUT2D eigenvalue weighted by molar-refractivity contribution is 7.16. The molecule has 0 fully saturated rings. The van der Waals surface area contributed by atoms with Crippen LogP contribution in [-0.2, 0) is 22.4 Å². The first kappa shape index (κ1) is 16.7. The molecule has 0 spiro atoms. The molecule has 126 valence electrons. The molecule has 0 aliphatic heterocycles. The van der Waals surface area contributed by atoms with Gasteiger partial charge in [0.05, 0.1) is 17.4 Å². The summed E-state index contributed by atoms with van der Waals surface area (Å²) in [6.45, 7) is 2.19. The average molecular weight is 344 g/mol. The number of carboxylic acid groups (broad SMARTS) is 1. The average Bonchev–Trinajstić information content (AvgIpc) is 2.90. The van der Waals surface area contributed by atoms with Crippen molar-refractivity contribution in [2.75, 3.05) is 5.32 Å². The highest BCUT2D eigenvalue weighted by Gasteiger charge is 2.35. The number of anilines is 1. The van der Waals surface area contributed by atoms with Gasteiger partial charge >= 0.3 is 5.97 Å². The van der Waals surface area contributed by atoms with Crippen molar-refractivity contribution in [1.29, 1.82) is 5.26 Å². The molecule has 1 amide bonds. The fourth-order valence-corrected chi connectivity index (χ4v) is 4.90. The van der Waals surface area contributed by atoms with Gasteiger partial charge in [-0.15, -0.1) is 11.3 Å². The highest BCUT2D eigenvalue weighted by atomic mass is 32.1. The van der Waals surface area contributed by atoms with Crippen LogP contribution in [0, 0.1) is 29.1 Å². The summed E-state index contributed by atoms with van der Waals surface area (Å²) >= 11 is 1.47. The molecule has 1 aromatic rings. The molecule has 6 heteroatoms. The summed E-state index contributed by atoms with van der Waals surface area (Å²) in [7, 11) is 0. The summed E-state index contributed by atoms with van der Waals surface area (Å²) in [6.07, 6.45) is 7.33. The maximum Gasteiger partial charge on any atom is 0.307 e. The molecule has 5 nitrogen and oxygen atoms in total. The molecule has 0 bridgehead atoms. The molecule has 2 aliphatic carbocycles. The van der Waals surface area contributed by atoms with Gasteiger partial charge in [0.15, 0.2) is 0 Å². The Morgan fingerprint density at radius 1 is 1.33 bits per heavy atom. The normalized spacial score (nSPS) is 25.6. The summed E-state index contributed by atoms with van der Waals surface area (Å²) in [5.41, 5.74) is 1.63.